The maximum absolute atomic E-state index is 12.6. The van der Waals surface area contributed by atoms with E-state index in [1.807, 2.05) is 31.2 Å². The Bertz CT molecular complexity index is 1120. The lowest BCUT2D eigenvalue weighted by Gasteiger charge is -2.16. The van der Waals surface area contributed by atoms with Gasteiger partial charge in [-0.05, 0) is 60.4 Å². The van der Waals surface area contributed by atoms with E-state index >= 15 is 0 Å². The highest BCUT2D eigenvalue weighted by atomic mass is 32.2. The van der Waals surface area contributed by atoms with Gasteiger partial charge in [0.15, 0.2) is 5.76 Å². The lowest BCUT2D eigenvalue weighted by atomic mass is 10.1. The third-order valence-corrected chi connectivity index (χ3v) is 6.07. The minimum Gasteiger partial charge on any atom is -0.459 e. The number of amides is 1. The van der Waals surface area contributed by atoms with Crippen LogP contribution in [0.4, 0.5) is 11.4 Å². The molecule has 1 aromatic heterocycles. The molecule has 0 bridgehead atoms. The maximum atomic E-state index is 12.6. The van der Waals surface area contributed by atoms with Crippen molar-refractivity contribution >= 4 is 27.3 Å². The first-order valence-corrected chi connectivity index (χ1v) is 10.6. The summed E-state index contributed by atoms with van der Waals surface area (Å²) in [6.45, 7) is 2.43. The molecule has 2 heterocycles. The number of aryl methyl sites for hydroxylation is 1. The van der Waals surface area contributed by atoms with Gasteiger partial charge in [-0.15, -0.1) is 0 Å². The van der Waals surface area contributed by atoms with Crippen LogP contribution in [0.5, 0.6) is 0 Å². The average Bonchev–Trinajstić information content (AvgIpc) is 3.32. The minimum absolute atomic E-state index is 0.0835. The van der Waals surface area contributed by atoms with Gasteiger partial charge in [0.1, 0.15) is 0 Å². The van der Waals surface area contributed by atoms with Crippen LogP contribution < -0.4 is 9.62 Å². The van der Waals surface area contributed by atoms with Crippen molar-refractivity contribution in [2.24, 2.45) is 0 Å². The van der Waals surface area contributed by atoms with E-state index in [4.69, 9.17) is 4.42 Å². The van der Waals surface area contributed by atoms with Crippen molar-refractivity contribution in [2.75, 3.05) is 16.2 Å². The molecule has 4 rings (SSSR count). The summed E-state index contributed by atoms with van der Waals surface area (Å²) in [4.78, 5) is 14.2. The molecule has 0 saturated heterocycles. The number of fused-ring (bicyclic) bond motifs is 1. The molecule has 7 heteroatoms. The Hall–Kier alpha value is -3.06. The number of hydrogen-bond acceptors (Lipinski definition) is 4. The minimum atomic E-state index is -3.54. The fraction of sp³-hybridized carbons (Fsp3) is 0.190. The molecule has 0 aliphatic carbocycles. The zero-order valence-electron chi connectivity index (χ0n) is 15.4. The van der Waals surface area contributed by atoms with Crippen molar-refractivity contribution in [1.29, 1.82) is 0 Å². The summed E-state index contributed by atoms with van der Waals surface area (Å²) in [5.41, 5.74) is 3.92. The highest BCUT2D eigenvalue weighted by Crippen LogP contribution is 2.32. The van der Waals surface area contributed by atoms with E-state index in [0.717, 1.165) is 22.4 Å². The molecule has 28 heavy (non-hydrogen) atoms. The van der Waals surface area contributed by atoms with Crippen molar-refractivity contribution in [3.8, 4) is 0 Å². The van der Waals surface area contributed by atoms with Crippen LogP contribution in [0.25, 0.3) is 0 Å². The summed E-state index contributed by atoms with van der Waals surface area (Å²) < 4.78 is 33.0. The van der Waals surface area contributed by atoms with Crippen molar-refractivity contribution in [1.82, 2.24) is 0 Å². The van der Waals surface area contributed by atoms with Gasteiger partial charge in [-0.3, -0.25) is 9.52 Å². The van der Waals surface area contributed by atoms with E-state index in [1.54, 1.807) is 35.2 Å². The Labute approximate surface area is 163 Å². The molecule has 3 aromatic rings. The number of anilines is 2. The standard InChI is InChI=1S/C21H20N2O4S/c1-15-5-2-3-6-17(15)14-28(25,26)22-18-8-9-19-16(13-18)10-11-23(19)21(24)20-7-4-12-27-20/h2-9,12-13,22H,10-11,14H2,1H3. The molecule has 0 unspecified atom stereocenters. The smallest absolute Gasteiger partial charge is 0.293 e. The molecule has 0 spiro atoms. The van der Waals surface area contributed by atoms with Crippen LogP contribution in [0.3, 0.4) is 0 Å². The predicted octanol–water partition coefficient (Wildman–Crippen LogP) is 3.73. The van der Waals surface area contributed by atoms with Crippen LogP contribution in [0.15, 0.2) is 65.3 Å². The number of carbonyl (C=O) groups is 1. The number of furan rings is 1. The second-order valence-corrected chi connectivity index (χ2v) is 8.54. The van der Waals surface area contributed by atoms with Crippen LogP contribution >= 0.6 is 0 Å². The Morgan fingerprint density at radius 2 is 1.96 bits per heavy atom. The Kier molecular flexibility index (Phi) is 4.68. The number of rotatable bonds is 5. The number of benzene rings is 2. The second-order valence-electron chi connectivity index (χ2n) is 6.82. The Balaban J connectivity index is 1.52. The number of carbonyl (C=O) groups excluding carboxylic acids is 1. The number of nitrogens with one attached hydrogen (secondary N) is 1. The molecule has 0 saturated carbocycles. The van der Waals surface area contributed by atoms with Gasteiger partial charge in [-0.1, -0.05) is 24.3 Å². The molecule has 0 fully saturated rings. The summed E-state index contributed by atoms with van der Waals surface area (Å²) in [7, 11) is -3.54. The summed E-state index contributed by atoms with van der Waals surface area (Å²) in [6, 6.07) is 16.0. The van der Waals surface area contributed by atoms with Gasteiger partial charge in [-0.25, -0.2) is 8.42 Å². The van der Waals surface area contributed by atoms with Crippen LogP contribution in [-0.2, 0) is 22.2 Å². The molecule has 0 atom stereocenters. The second kappa shape index (κ2) is 7.16. The topological polar surface area (TPSA) is 79.6 Å². The monoisotopic (exact) mass is 396 g/mol. The molecule has 1 N–H and O–H groups in total. The van der Waals surface area contributed by atoms with Crippen LogP contribution in [0.2, 0.25) is 0 Å². The summed E-state index contributed by atoms with van der Waals surface area (Å²) in [5.74, 6) is 0.00680. The van der Waals surface area contributed by atoms with Crippen LogP contribution in [0, 0.1) is 6.92 Å². The van der Waals surface area contributed by atoms with Gasteiger partial charge >= 0.3 is 0 Å². The van der Waals surface area contributed by atoms with Crippen molar-refractivity contribution in [2.45, 2.75) is 19.1 Å². The summed E-state index contributed by atoms with van der Waals surface area (Å²) in [5, 5.41) is 0. The van der Waals surface area contributed by atoms with Gasteiger partial charge in [0.2, 0.25) is 10.0 Å². The molecule has 1 aliphatic rings. The molecule has 6 nitrogen and oxygen atoms in total. The SMILES string of the molecule is Cc1ccccc1CS(=O)(=O)Nc1ccc2c(c1)CCN2C(=O)c1ccco1. The van der Waals surface area contributed by atoms with E-state index < -0.39 is 10.0 Å². The first-order chi connectivity index (χ1) is 13.4. The zero-order chi connectivity index (χ0) is 19.7. The van der Waals surface area contributed by atoms with Crippen molar-refractivity contribution < 1.29 is 17.6 Å². The van der Waals surface area contributed by atoms with E-state index in [0.29, 0.717) is 18.7 Å². The number of sulfonamides is 1. The largest absolute Gasteiger partial charge is 0.459 e. The highest BCUT2D eigenvalue weighted by Gasteiger charge is 2.27. The fourth-order valence-corrected chi connectivity index (χ4v) is 4.69. The third-order valence-electron chi connectivity index (χ3n) is 4.83. The Morgan fingerprint density at radius 1 is 1.14 bits per heavy atom. The maximum Gasteiger partial charge on any atom is 0.293 e. The molecule has 144 valence electrons. The van der Waals surface area contributed by atoms with E-state index in [9.17, 15) is 13.2 Å². The molecule has 1 amide bonds. The third kappa shape index (κ3) is 3.66. The summed E-state index contributed by atoms with van der Waals surface area (Å²) >= 11 is 0. The quantitative estimate of drug-likeness (QED) is 0.713. The Morgan fingerprint density at radius 3 is 2.71 bits per heavy atom. The molecular weight excluding hydrogens is 376 g/mol. The first-order valence-electron chi connectivity index (χ1n) is 8.96. The fourth-order valence-electron chi connectivity index (χ4n) is 3.40. The van der Waals surface area contributed by atoms with E-state index in [2.05, 4.69) is 4.72 Å². The predicted molar refractivity (Wildman–Crippen MR) is 108 cm³/mol. The van der Waals surface area contributed by atoms with Gasteiger partial charge in [0.05, 0.1) is 12.0 Å². The normalized spacial score (nSPS) is 13.4. The van der Waals surface area contributed by atoms with Gasteiger partial charge in [0.25, 0.3) is 5.91 Å². The van der Waals surface area contributed by atoms with Crippen molar-refractivity contribution in [3.63, 3.8) is 0 Å². The van der Waals surface area contributed by atoms with Gasteiger partial charge in [0, 0.05) is 17.9 Å². The lowest BCUT2D eigenvalue weighted by molar-refractivity contribution is 0.0963. The molecule has 1 aliphatic heterocycles. The van der Waals surface area contributed by atoms with E-state index in [-0.39, 0.29) is 17.4 Å². The molecular formula is C21H20N2O4S. The number of nitrogens with zero attached hydrogens (tertiary/aromatic N) is 1. The van der Waals surface area contributed by atoms with Crippen LogP contribution in [0.1, 0.15) is 27.2 Å². The molecule has 0 radical (unpaired) electrons. The lowest BCUT2D eigenvalue weighted by Crippen LogP contribution is -2.28. The summed E-state index contributed by atoms with van der Waals surface area (Å²) in [6.07, 6.45) is 2.13. The van der Waals surface area contributed by atoms with Gasteiger partial charge < -0.3 is 9.32 Å². The van der Waals surface area contributed by atoms with Crippen molar-refractivity contribution in [3.05, 3.63) is 83.3 Å². The average molecular weight is 396 g/mol. The van der Waals surface area contributed by atoms with Crippen LogP contribution in [-0.4, -0.2) is 20.9 Å². The first kappa shape index (κ1) is 18.3. The molecule has 2 aromatic carbocycles. The zero-order valence-corrected chi connectivity index (χ0v) is 16.2. The van der Waals surface area contributed by atoms with Gasteiger partial charge in [-0.2, -0.15) is 0 Å². The highest BCUT2D eigenvalue weighted by molar-refractivity contribution is 7.91. The number of hydrogen-bond donors (Lipinski definition) is 1. The van der Waals surface area contributed by atoms with E-state index in [1.165, 1.54) is 6.26 Å².